The van der Waals surface area contributed by atoms with Gasteiger partial charge in [-0.2, -0.15) is 0 Å². The number of carbonyl (C=O) groups excluding carboxylic acids is 3. The molecule has 2 heterocycles. The van der Waals surface area contributed by atoms with Crippen molar-refractivity contribution < 1.29 is 37.0 Å². The number of benzene rings is 2. The van der Waals surface area contributed by atoms with E-state index in [1.807, 2.05) is 18.2 Å². The summed E-state index contributed by atoms with van der Waals surface area (Å²) in [6.45, 7) is 0.297. The lowest BCUT2D eigenvalue weighted by atomic mass is 10.0. The summed E-state index contributed by atoms with van der Waals surface area (Å²) in [6, 6.07) is 11.8. The average Bonchev–Trinajstić information content (AvgIpc) is 3.36. The Morgan fingerprint density at radius 1 is 1.12 bits per heavy atom. The first kappa shape index (κ1) is 22.8. The van der Waals surface area contributed by atoms with Gasteiger partial charge in [-0.3, -0.25) is 14.4 Å². The van der Waals surface area contributed by atoms with Crippen LogP contribution < -0.4 is 10.1 Å². The lowest BCUT2D eigenvalue weighted by Crippen LogP contribution is -2.53. The predicted octanol–water partition coefficient (Wildman–Crippen LogP) is 2.50. The van der Waals surface area contributed by atoms with Crippen LogP contribution in [0.1, 0.15) is 22.3 Å². The molecule has 2 amide bonds. The third kappa shape index (κ3) is 5.33. The molecule has 10 heteroatoms. The molecule has 3 unspecified atom stereocenters. The van der Waals surface area contributed by atoms with Crippen LogP contribution in [-0.4, -0.2) is 60.2 Å². The molecular formula is C23H21F3N2O5. The molecular weight excluding hydrogens is 441 g/mol. The van der Waals surface area contributed by atoms with Crippen molar-refractivity contribution in [1.82, 2.24) is 10.2 Å². The van der Waals surface area contributed by atoms with E-state index in [9.17, 15) is 27.6 Å². The number of ether oxygens (including phenoxy) is 2. The van der Waals surface area contributed by atoms with E-state index in [0.717, 1.165) is 17.7 Å². The van der Waals surface area contributed by atoms with E-state index in [4.69, 9.17) is 4.74 Å². The molecule has 0 spiro atoms. The van der Waals surface area contributed by atoms with Crippen LogP contribution in [0.25, 0.3) is 0 Å². The monoisotopic (exact) mass is 462 g/mol. The minimum Gasteiger partial charge on any atom is -0.406 e. The summed E-state index contributed by atoms with van der Waals surface area (Å²) < 4.78 is 46.3. The summed E-state index contributed by atoms with van der Waals surface area (Å²) in [5.74, 6) is -1.67. The fraction of sp³-hybridized carbons (Fsp3) is 0.348. The SMILES string of the molecule is O=C(NC(Cc1ccccc1)C(=O)N1CCC2OCC(=O)C21)c1ccc(OC(F)(F)F)cc1. The van der Waals surface area contributed by atoms with E-state index in [0.29, 0.717) is 13.0 Å². The fourth-order valence-corrected chi connectivity index (χ4v) is 4.14. The minimum absolute atomic E-state index is 0.0405. The summed E-state index contributed by atoms with van der Waals surface area (Å²) in [5.41, 5.74) is 0.866. The molecule has 2 fully saturated rings. The maximum Gasteiger partial charge on any atom is 0.573 e. The molecule has 4 rings (SSSR count). The number of rotatable bonds is 6. The number of hydrogen-bond acceptors (Lipinski definition) is 5. The number of alkyl halides is 3. The molecule has 3 atom stereocenters. The van der Waals surface area contributed by atoms with Gasteiger partial charge in [0.15, 0.2) is 5.78 Å². The van der Waals surface area contributed by atoms with Gasteiger partial charge in [-0.05, 0) is 36.2 Å². The van der Waals surface area contributed by atoms with Gasteiger partial charge < -0.3 is 19.7 Å². The number of hydrogen-bond donors (Lipinski definition) is 1. The van der Waals surface area contributed by atoms with Crippen LogP contribution in [0.3, 0.4) is 0 Å². The normalized spacial score (nSPS) is 20.9. The van der Waals surface area contributed by atoms with E-state index in [1.165, 1.54) is 17.0 Å². The Balaban J connectivity index is 1.52. The van der Waals surface area contributed by atoms with Crippen molar-refractivity contribution in [3.05, 3.63) is 65.7 Å². The summed E-state index contributed by atoms with van der Waals surface area (Å²) in [7, 11) is 0. The van der Waals surface area contributed by atoms with Crippen LogP contribution in [0, 0.1) is 0 Å². The molecule has 0 saturated carbocycles. The Bertz CT molecular complexity index is 1030. The fourth-order valence-electron chi connectivity index (χ4n) is 4.14. The molecule has 0 bridgehead atoms. The molecule has 2 aromatic carbocycles. The average molecular weight is 462 g/mol. The lowest BCUT2D eigenvalue weighted by molar-refractivity contribution is -0.274. The lowest BCUT2D eigenvalue weighted by Gasteiger charge is -2.27. The molecule has 174 valence electrons. The summed E-state index contributed by atoms with van der Waals surface area (Å²) >= 11 is 0. The number of Topliss-reactive ketones (excluding diaryl/α,β-unsaturated/α-hetero) is 1. The van der Waals surface area contributed by atoms with Gasteiger partial charge in [-0.15, -0.1) is 13.2 Å². The third-order valence-corrected chi connectivity index (χ3v) is 5.63. The standard InChI is InChI=1S/C23H21F3N2O5/c24-23(25,26)33-16-8-6-15(7-9-16)21(30)27-17(12-14-4-2-1-3-5-14)22(31)28-11-10-19-20(28)18(29)13-32-19/h1-9,17,19-20H,10-13H2,(H,27,30). The van der Waals surface area contributed by atoms with Crippen molar-refractivity contribution in [2.75, 3.05) is 13.2 Å². The highest BCUT2D eigenvalue weighted by molar-refractivity contribution is 5.99. The quantitative estimate of drug-likeness (QED) is 0.713. The minimum atomic E-state index is -4.84. The van der Waals surface area contributed by atoms with Gasteiger partial charge >= 0.3 is 6.36 Å². The topological polar surface area (TPSA) is 84.9 Å². The second-order valence-electron chi connectivity index (χ2n) is 7.87. The van der Waals surface area contributed by atoms with Crippen LogP contribution in [0.5, 0.6) is 5.75 Å². The van der Waals surface area contributed by atoms with Crippen LogP contribution in [0.2, 0.25) is 0 Å². The van der Waals surface area contributed by atoms with E-state index < -0.39 is 36.0 Å². The zero-order chi connectivity index (χ0) is 23.6. The van der Waals surface area contributed by atoms with Crippen molar-refractivity contribution in [3.63, 3.8) is 0 Å². The number of nitrogens with one attached hydrogen (secondary N) is 1. The Labute approximate surface area is 187 Å². The van der Waals surface area contributed by atoms with Crippen LogP contribution >= 0.6 is 0 Å². The largest absolute Gasteiger partial charge is 0.573 e. The first-order valence-corrected chi connectivity index (χ1v) is 10.4. The summed E-state index contributed by atoms with van der Waals surface area (Å²) in [5, 5.41) is 2.68. The number of ketones is 1. The number of nitrogens with zero attached hydrogens (tertiary/aromatic N) is 1. The molecule has 2 aliphatic heterocycles. The number of halogens is 3. The number of amides is 2. The Hall–Kier alpha value is -3.40. The zero-order valence-electron chi connectivity index (χ0n) is 17.4. The Kier molecular flexibility index (Phi) is 6.37. The van der Waals surface area contributed by atoms with Crippen LogP contribution in [0.15, 0.2) is 54.6 Å². The van der Waals surface area contributed by atoms with E-state index in [2.05, 4.69) is 10.1 Å². The van der Waals surface area contributed by atoms with Crippen LogP contribution in [-0.2, 0) is 20.7 Å². The molecule has 2 aliphatic rings. The van der Waals surface area contributed by atoms with E-state index in [-0.39, 0.29) is 30.5 Å². The first-order valence-electron chi connectivity index (χ1n) is 10.4. The van der Waals surface area contributed by atoms with Gasteiger partial charge in [0.25, 0.3) is 5.91 Å². The predicted molar refractivity (Wildman–Crippen MR) is 109 cm³/mol. The highest BCUT2D eigenvalue weighted by atomic mass is 19.4. The Morgan fingerprint density at radius 2 is 1.82 bits per heavy atom. The summed E-state index contributed by atoms with van der Waals surface area (Å²) in [6.07, 6.45) is -4.46. The molecule has 33 heavy (non-hydrogen) atoms. The molecule has 2 aromatic rings. The maximum atomic E-state index is 13.4. The maximum absolute atomic E-state index is 13.4. The van der Waals surface area contributed by atoms with Gasteiger partial charge in [0, 0.05) is 18.5 Å². The molecule has 2 saturated heterocycles. The van der Waals surface area contributed by atoms with Gasteiger partial charge in [-0.1, -0.05) is 30.3 Å². The molecule has 0 radical (unpaired) electrons. The molecule has 7 nitrogen and oxygen atoms in total. The highest BCUT2D eigenvalue weighted by Gasteiger charge is 2.48. The zero-order valence-corrected chi connectivity index (χ0v) is 17.4. The molecule has 0 aromatic heterocycles. The number of carbonyl (C=O) groups is 3. The van der Waals surface area contributed by atoms with Crippen molar-refractivity contribution in [3.8, 4) is 5.75 Å². The first-order chi connectivity index (χ1) is 15.7. The molecule has 1 N–H and O–H groups in total. The second-order valence-corrected chi connectivity index (χ2v) is 7.87. The Morgan fingerprint density at radius 3 is 2.48 bits per heavy atom. The highest BCUT2D eigenvalue weighted by Crippen LogP contribution is 2.28. The van der Waals surface area contributed by atoms with Crippen molar-refractivity contribution in [2.24, 2.45) is 0 Å². The van der Waals surface area contributed by atoms with Gasteiger partial charge in [0.2, 0.25) is 5.91 Å². The number of likely N-dealkylation sites (tertiary alicyclic amines) is 1. The smallest absolute Gasteiger partial charge is 0.406 e. The van der Waals surface area contributed by atoms with Crippen molar-refractivity contribution in [2.45, 2.75) is 37.4 Å². The van der Waals surface area contributed by atoms with E-state index in [1.54, 1.807) is 12.1 Å². The van der Waals surface area contributed by atoms with Crippen molar-refractivity contribution >= 4 is 17.6 Å². The third-order valence-electron chi connectivity index (χ3n) is 5.63. The van der Waals surface area contributed by atoms with Gasteiger partial charge in [0.05, 0.1) is 6.10 Å². The van der Waals surface area contributed by atoms with Crippen molar-refractivity contribution in [1.29, 1.82) is 0 Å². The second kappa shape index (κ2) is 9.22. The molecule has 0 aliphatic carbocycles. The van der Waals surface area contributed by atoms with E-state index >= 15 is 0 Å². The van der Waals surface area contributed by atoms with Crippen LogP contribution in [0.4, 0.5) is 13.2 Å². The summed E-state index contributed by atoms with van der Waals surface area (Å²) in [4.78, 5) is 39.9. The van der Waals surface area contributed by atoms with Gasteiger partial charge in [0.1, 0.15) is 24.4 Å². The number of fused-ring (bicyclic) bond motifs is 1. The van der Waals surface area contributed by atoms with Gasteiger partial charge in [-0.25, -0.2) is 0 Å².